The zero-order chi connectivity index (χ0) is 26.0. The summed E-state index contributed by atoms with van der Waals surface area (Å²) in [4.78, 5) is 0. The van der Waals surface area contributed by atoms with Gasteiger partial charge in [-0.2, -0.15) is 0 Å². The Morgan fingerprint density at radius 3 is 2.34 bits per heavy atom. The summed E-state index contributed by atoms with van der Waals surface area (Å²) in [7, 11) is -1.56. The molecular weight excluding hydrogens is 440 g/mol. The van der Waals surface area contributed by atoms with Crippen LogP contribution >= 0.6 is 0 Å². The van der Waals surface area contributed by atoms with Gasteiger partial charge in [0.05, 0.1) is 6.10 Å². The average molecular weight is 497 g/mol. The Labute approximate surface area is 219 Å². The first kappa shape index (κ1) is 27.4. The molecule has 0 saturated heterocycles. The molecule has 0 aromatic rings. The normalized spacial score (nSPS) is 41.2. The summed E-state index contributed by atoms with van der Waals surface area (Å²) < 4.78 is 6.81. The lowest BCUT2D eigenvalue weighted by Gasteiger charge is -2.62. The molecule has 0 aliphatic heterocycles. The first-order valence-electron chi connectivity index (χ1n) is 14.8. The summed E-state index contributed by atoms with van der Waals surface area (Å²) in [5.74, 6) is 2.31. The number of fused-ring (bicyclic) bond motifs is 5. The van der Waals surface area contributed by atoms with Crippen LogP contribution in [-0.2, 0) is 4.43 Å². The molecule has 0 N–H and O–H groups in total. The Morgan fingerprint density at radius 1 is 1.03 bits per heavy atom. The maximum Gasteiger partial charge on any atom is 0.184 e. The second-order valence-corrected chi connectivity index (χ2v) is 19.9. The van der Waals surface area contributed by atoms with Crippen molar-refractivity contribution < 1.29 is 4.43 Å². The van der Waals surface area contributed by atoms with Gasteiger partial charge in [-0.15, -0.1) is 0 Å². The third-order valence-electron chi connectivity index (χ3n) is 11.6. The second kappa shape index (κ2) is 9.00. The fraction of sp³-hybridized carbons (Fsp3) is 0.818. The number of hydrogen-bond donors (Lipinski definition) is 0. The third-order valence-corrected chi connectivity index (χ3v) is 12.6. The van der Waals surface area contributed by atoms with E-state index in [2.05, 4.69) is 93.3 Å². The van der Waals surface area contributed by atoms with Gasteiger partial charge < -0.3 is 4.43 Å². The predicted molar refractivity (Wildman–Crippen MR) is 155 cm³/mol. The van der Waals surface area contributed by atoms with Gasteiger partial charge in [-0.1, -0.05) is 65.3 Å². The Hall–Kier alpha value is -0.603. The van der Waals surface area contributed by atoms with Crippen molar-refractivity contribution in [3.8, 4) is 0 Å². The van der Waals surface area contributed by atoms with Gasteiger partial charge >= 0.3 is 0 Å². The van der Waals surface area contributed by atoms with Gasteiger partial charge in [-0.25, -0.2) is 0 Å². The largest absolute Gasteiger partial charge is 0.414 e. The Bertz CT molecular complexity index is 912. The minimum Gasteiger partial charge on any atom is -0.414 e. The maximum absolute atomic E-state index is 6.81. The minimum atomic E-state index is -1.56. The molecule has 2 heteroatoms. The molecule has 0 bridgehead atoms. The van der Waals surface area contributed by atoms with Gasteiger partial charge in [0, 0.05) is 0 Å². The highest BCUT2D eigenvalue weighted by atomic mass is 28.4. The van der Waals surface area contributed by atoms with Crippen LogP contribution in [0.5, 0.6) is 0 Å². The average Bonchev–Trinajstić information content (AvgIpc) is 3.01. The predicted octanol–water partition coefficient (Wildman–Crippen LogP) is 10.1. The number of hydrogen-bond acceptors (Lipinski definition) is 1. The van der Waals surface area contributed by atoms with E-state index in [-0.39, 0.29) is 5.41 Å². The van der Waals surface area contributed by atoms with Crippen molar-refractivity contribution >= 4 is 8.32 Å². The van der Waals surface area contributed by atoms with E-state index in [1.807, 2.05) is 0 Å². The van der Waals surface area contributed by atoms with E-state index in [4.69, 9.17) is 4.43 Å². The fourth-order valence-electron chi connectivity index (χ4n) is 9.40. The van der Waals surface area contributed by atoms with Crippen molar-refractivity contribution in [2.24, 2.45) is 39.4 Å². The summed E-state index contributed by atoms with van der Waals surface area (Å²) in [6.45, 7) is 27.1. The molecule has 4 aliphatic rings. The van der Waals surface area contributed by atoms with E-state index in [1.54, 1.807) is 11.1 Å². The van der Waals surface area contributed by atoms with Crippen molar-refractivity contribution in [1.82, 2.24) is 0 Å². The van der Waals surface area contributed by atoms with Crippen LogP contribution < -0.4 is 0 Å². The highest BCUT2D eigenvalue weighted by Gasteiger charge is 2.63. The second-order valence-electron chi connectivity index (χ2n) is 15.5. The molecule has 2 saturated carbocycles. The molecule has 7 atom stereocenters. The van der Waals surface area contributed by atoms with Crippen LogP contribution in [0.3, 0.4) is 0 Å². The topological polar surface area (TPSA) is 9.23 Å². The van der Waals surface area contributed by atoms with Crippen molar-refractivity contribution in [3.63, 3.8) is 0 Å². The molecule has 0 radical (unpaired) electrons. The molecule has 0 unspecified atom stereocenters. The smallest absolute Gasteiger partial charge is 0.184 e. The maximum atomic E-state index is 6.81. The fourth-order valence-corrected chi connectivity index (χ4v) is 10.7. The van der Waals surface area contributed by atoms with Crippen LogP contribution in [0.1, 0.15) is 107 Å². The van der Waals surface area contributed by atoms with Crippen molar-refractivity contribution in [1.29, 1.82) is 0 Å². The van der Waals surface area contributed by atoms with E-state index < -0.39 is 8.32 Å². The Kier molecular flexibility index (Phi) is 7.06. The van der Waals surface area contributed by atoms with E-state index in [9.17, 15) is 0 Å². The zero-order valence-corrected chi connectivity index (χ0v) is 26.1. The van der Waals surface area contributed by atoms with Gasteiger partial charge in [0.1, 0.15) is 0 Å². The van der Waals surface area contributed by atoms with E-state index in [0.29, 0.717) is 28.3 Å². The first-order valence-corrected chi connectivity index (χ1v) is 18.2. The molecule has 0 aromatic heterocycles. The highest BCUT2D eigenvalue weighted by molar-refractivity contribution is 6.69. The summed E-state index contributed by atoms with van der Waals surface area (Å²) in [5.41, 5.74) is 6.20. The molecule has 0 aromatic carbocycles. The standard InChI is InChI=1S/C33H56OSi/c1-23(2)13-12-14-24(3)25-17-21-33(8)27-15-16-28-30(4,5)29(34-35(9,10)11)19-20-31(28,6)26(27)18-22-32(25,33)7/h13,15,18,24-25,28-29H,12,14,16-17,19-22H2,1-11H3/t24-,25-,28+,29+,31-,32-,33+/m1/s1. The van der Waals surface area contributed by atoms with Crippen LogP contribution in [0.25, 0.3) is 0 Å². The van der Waals surface area contributed by atoms with Gasteiger partial charge in [-0.05, 0) is 135 Å². The van der Waals surface area contributed by atoms with Crippen molar-refractivity contribution in [2.75, 3.05) is 0 Å². The van der Waals surface area contributed by atoms with Crippen LogP contribution in [0, 0.1) is 39.4 Å². The summed E-state index contributed by atoms with van der Waals surface area (Å²) in [5, 5.41) is 0. The lowest BCUT2D eigenvalue weighted by Crippen LogP contribution is -2.56. The van der Waals surface area contributed by atoms with E-state index >= 15 is 0 Å². The van der Waals surface area contributed by atoms with Crippen LogP contribution in [0.4, 0.5) is 0 Å². The molecular formula is C33H56OSi. The zero-order valence-electron chi connectivity index (χ0n) is 25.1. The molecule has 0 amide bonds. The van der Waals surface area contributed by atoms with Crippen LogP contribution in [-0.4, -0.2) is 14.4 Å². The summed E-state index contributed by atoms with van der Waals surface area (Å²) in [6, 6.07) is 0. The van der Waals surface area contributed by atoms with Crippen molar-refractivity contribution in [3.05, 3.63) is 34.9 Å². The van der Waals surface area contributed by atoms with Gasteiger partial charge in [0.2, 0.25) is 0 Å². The molecule has 198 valence electrons. The SMILES string of the molecule is CC(C)=CCC[C@@H](C)[C@H]1CC[C@@]2(C)C3=CC[C@H]4C(C)(C)[C@@H](O[Si](C)(C)C)CC[C@]4(C)C3=CC[C@]12C. The Morgan fingerprint density at radius 2 is 1.71 bits per heavy atom. The molecule has 2 fully saturated rings. The summed E-state index contributed by atoms with van der Waals surface area (Å²) in [6.07, 6.45) is 18.7. The monoisotopic (exact) mass is 496 g/mol. The molecule has 4 rings (SSSR count). The van der Waals surface area contributed by atoms with Crippen LogP contribution in [0.2, 0.25) is 19.6 Å². The molecule has 1 nitrogen and oxygen atoms in total. The van der Waals surface area contributed by atoms with Crippen molar-refractivity contribution in [2.45, 2.75) is 133 Å². The summed E-state index contributed by atoms with van der Waals surface area (Å²) >= 11 is 0. The quantitative estimate of drug-likeness (QED) is 0.262. The number of rotatable bonds is 6. The highest BCUT2D eigenvalue weighted by Crippen LogP contribution is 2.71. The molecule has 35 heavy (non-hydrogen) atoms. The number of allylic oxidation sites excluding steroid dienone is 6. The third kappa shape index (κ3) is 4.41. The lowest BCUT2D eigenvalue weighted by molar-refractivity contribution is -0.0764. The molecule has 0 heterocycles. The Balaban J connectivity index is 1.63. The van der Waals surface area contributed by atoms with Crippen LogP contribution in [0.15, 0.2) is 34.9 Å². The molecule has 4 aliphatic carbocycles. The lowest BCUT2D eigenvalue weighted by atomic mass is 9.44. The van der Waals surface area contributed by atoms with Gasteiger partial charge in [0.15, 0.2) is 8.32 Å². The van der Waals surface area contributed by atoms with E-state index in [1.165, 1.54) is 56.9 Å². The van der Waals surface area contributed by atoms with Gasteiger partial charge in [-0.3, -0.25) is 0 Å². The minimum absolute atomic E-state index is 0.218. The first-order chi connectivity index (χ1) is 16.1. The van der Waals surface area contributed by atoms with E-state index in [0.717, 1.165) is 11.8 Å². The molecule has 0 spiro atoms. The van der Waals surface area contributed by atoms with Gasteiger partial charge in [0.25, 0.3) is 0 Å².